The van der Waals surface area contributed by atoms with Gasteiger partial charge in [0.2, 0.25) is 5.91 Å². The van der Waals surface area contributed by atoms with Crippen LogP contribution in [-0.4, -0.2) is 18.2 Å². The molecule has 0 atom stereocenters. The van der Waals surface area contributed by atoms with Gasteiger partial charge >= 0.3 is 0 Å². The summed E-state index contributed by atoms with van der Waals surface area (Å²) in [6.07, 6.45) is 8.15. The van der Waals surface area contributed by atoms with E-state index in [2.05, 4.69) is 12.1 Å². The average Bonchev–Trinajstić information content (AvgIpc) is 2.49. The Morgan fingerprint density at radius 3 is 2.55 bits per heavy atom. The molecule has 0 spiro atoms. The van der Waals surface area contributed by atoms with Crippen molar-refractivity contribution in [2.45, 2.75) is 51.4 Å². The molecule has 1 aromatic rings. The third-order valence-electron chi connectivity index (χ3n) is 3.38. The van der Waals surface area contributed by atoms with E-state index in [4.69, 9.17) is 9.94 Å². The number of ether oxygens (including phenoxy) is 1. The highest BCUT2D eigenvalue weighted by atomic mass is 16.5. The molecule has 0 aliphatic carbocycles. The molecule has 0 radical (unpaired) electrons. The zero-order valence-electron chi connectivity index (χ0n) is 12.2. The Morgan fingerprint density at radius 2 is 1.85 bits per heavy atom. The van der Waals surface area contributed by atoms with Crippen LogP contribution in [0.4, 0.5) is 0 Å². The molecule has 0 aromatic heterocycles. The van der Waals surface area contributed by atoms with Crippen molar-refractivity contribution in [3.8, 4) is 5.75 Å². The number of amides is 1. The number of aryl methyl sites for hydroxylation is 1. The number of unbranched alkanes of at least 4 members (excludes halogenated alkanes) is 5. The summed E-state index contributed by atoms with van der Waals surface area (Å²) in [6, 6.07) is 8.22. The quantitative estimate of drug-likeness (QED) is 0.391. The van der Waals surface area contributed by atoms with Crippen LogP contribution in [0.2, 0.25) is 0 Å². The van der Waals surface area contributed by atoms with Gasteiger partial charge in [-0.3, -0.25) is 10.0 Å². The number of rotatable bonds is 10. The molecule has 0 bridgehead atoms. The van der Waals surface area contributed by atoms with Gasteiger partial charge in [-0.2, -0.15) is 0 Å². The van der Waals surface area contributed by atoms with Gasteiger partial charge in [-0.05, 0) is 37.0 Å². The molecule has 0 aliphatic rings. The fourth-order valence-electron chi connectivity index (χ4n) is 2.21. The Bertz CT molecular complexity index is 393. The molecule has 112 valence electrons. The molecule has 0 heterocycles. The zero-order valence-corrected chi connectivity index (χ0v) is 12.2. The van der Waals surface area contributed by atoms with Crippen LogP contribution in [0, 0.1) is 0 Å². The van der Waals surface area contributed by atoms with Crippen molar-refractivity contribution in [2.24, 2.45) is 0 Å². The van der Waals surface area contributed by atoms with Gasteiger partial charge in [0.15, 0.2) is 0 Å². The topological polar surface area (TPSA) is 58.6 Å². The maximum Gasteiger partial charge on any atom is 0.243 e. The van der Waals surface area contributed by atoms with E-state index in [-0.39, 0.29) is 5.91 Å². The lowest BCUT2D eigenvalue weighted by molar-refractivity contribution is -0.129. The molecule has 0 saturated heterocycles. The van der Waals surface area contributed by atoms with Gasteiger partial charge in [0.25, 0.3) is 0 Å². The van der Waals surface area contributed by atoms with Crippen molar-refractivity contribution in [3.05, 3.63) is 29.8 Å². The van der Waals surface area contributed by atoms with E-state index in [0.29, 0.717) is 6.42 Å². The standard InChI is InChI=1S/C16H25NO3/c1-20-15-11-8-10-14(13-15)9-6-4-2-3-5-7-12-16(18)17-19/h8,10-11,13,19H,2-7,9,12H2,1H3,(H,17,18). The smallest absolute Gasteiger partial charge is 0.243 e. The molecule has 1 rings (SSSR count). The summed E-state index contributed by atoms with van der Waals surface area (Å²) in [4.78, 5) is 10.8. The van der Waals surface area contributed by atoms with E-state index in [1.165, 1.54) is 24.8 Å². The fourth-order valence-corrected chi connectivity index (χ4v) is 2.21. The first-order chi connectivity index (χ1) is 9.76. The van der Waals surface area contributed by atoms with Crippen LogP contribution < -0.4 is 10.2 Å². The number of methoxy groups -OCH3 is 1. The van der Waals surface area contributed by atoms with Crippen LogP contribution in [0.3, 0.4) is 0 Å². The molecule has 0 fully saturated rings. The summed E-state index contributed by atoms with van der Waals surface area (Å²) in [5.41, 5.74) is 2.98. The molecule has 1 amide bonds. The summed E-state index contributed by atoms with van der Waals surface area (Å²) in [5, 5.41) is 8.34. The number of carbonyl (C=O) groups excluding carboxylic acids is 1. The maximum absolute atomic E-state index is 10.8. The minimum atomic E-state index is -0.289. The van der Waals surface area contributed by atoms with Gasteiger partial charge in [-0.1, -0.05) is 37.8 Å². The number of hydrogen-bond donors (Lipinski definition) is 2. The van der Waals surface area contributed by atoms with Crippen molar-refractivity contribution >= 4 is 5.91 Å². The number of hydrogen-bond acceptors (Lipinski definition) is 3. The number of carbonyl (C=O) groups is 1. The summed E-state index contributed by atoms with van der Waals surface area (Å²) in [5.74, 6) is 0.632. The van der Waals surface area contributed by atoms with Crippen molar-refractivity contribution in [1.29, 1.82) is 0 Å². The summed E-state index contributed by atoms with van der Waals surface area (Å²) < 4.78 is 5.20. The molecule has 4 heteroatoms. The van der Waals surface area contributed by atoms with E-state index < -0.39 is 0 Å². The Morgan fingerprint density at radius 1 is 1.15 bits per heavy atom. The summed E-state index contributed by atoms with van der Waals surface area (Å²) >= 11 is 0. The largest absolute Gasteiger partial charge is 0.497 e. The van der Waals surface area contributed by atoms with Crippen LogP contribution in [0.1, 0.15) is 50.5 Å². The summed E-state index contributed by atoms with van der Waals surface area (Å²) in [6.45, 7) is 0. The van der Waals surface area contributed by atoms with E-state index in [1.807, 2.05) is 12.1 Å². The molecule has 4 nitrogen and oxygen atoms in total. The van der Waals surface area contributed by atoms with E-state index >= 15 is 0 Å². The van der Waals surface area contributed by atoms with Gasteiger partial charge in [0.1, 0.15) is 5.75 Å². The molecule has 0 aliphatic heterocycles. The maximum atomic E-state index is 10.8. The third-order valence-corrected chi connectivity index (χ3v) is 3.38. The predicted octanol–water partition coefficient (Wildman–Crippen LogP) is 3.47. The lowest BCUT2D eigenvalue weighted by atomic mass is 10.0. The molecule has 0 unspecified atom stereocenters. The second kappa shape index (κ2) is 10.3. The van der Waals surface area contributed by atoms with Gasteiger partial charge in [0.05, 0.1) is 7.11 Å². The fraction of sp³-hybridized carbons (Fsp3) is 0.562. The Labute approximate surface area is 121 Å². The lowest BCUT2D eigenvalue weighted by Crippen LogP contribution is -2.17. The lowest BCUT2D eigenvalue weighted by Gasteiger charge is -2.05. The van der Waals surface area contributed by atoms with Crippen molar-refractivity contribution in [1.82, 2.24) is 5.48 Å². The van der Waals surface area contributed by atoms with Crippen LogP contribution in [0.15, 0.2) is 24.3 Å². The molecule has 20 heavy (non-hydrogen) atoms. The minimum absolute atomic E-state index is 0.289. The highest BCUT2D eigenvalue weighted by molar-refractivity contribution is 5.74. The van der Waals surface area contributed by atoms with Crippen LogP contribution in [0.5, 0.6) is 5.75 Å². The van der Waals surface area contributed by atoms with Gasteiger partial charge in [-0.15, -0.1) is 0 Å². The SMILES string of the molecule is COc1cccc(CCCCCCCCC(=O)NO)c1. The highest BCUT2D eigenvalue weighted by Gasteiger charge is 1.99. The number of nitrogens with one attached hydrogen (secondary N) is 1. The Kier molecular flexibility index (Phi) is 8.47. The normalized spacial score (nSPS) is 10.3. The van der Waals surface area contributed by atoms with Crippen LogP contribution in [-0.2, 0) is 11.2 Å². The van der Waals surface area contributed by atoms with Crippen LogP contribution in [0.25, 0.3) is 0 Å². The van der Waals surface area contributed by atoms with Crippen LogP contribution >= 0.6 is 0 Å². The Hall–Kier alpha value is -1.55. The van der Waals surface area contributed by atoms with Crippen molar-refractivity contribution in [3.63, 3.8) is 0 Å². The predicted molar refractivity (Wildman–Crippen MR) is 78.9 cm³/mol. The minimum Gasteiger partial charge on any atom is -0.497 e. The first kappa shape index (κ1) is 16.5. The molecule has 0 saturated carbocycles. The Balaban J connectivity index is 2.00. The van der Waals surface area contributed by atoms with E-state index in [0.717, 1.165) is 31.4 Å². The number of benzene rings is 1. The monoisotopic (exact) mass is 279 g/mol. The molecule has 2 N–H and O–H groups in total. The third kappa shape index (κ3) is 7.14. The first-order valence-corrected chi connectivity index (χ1v) is 7.32. The second-order valence-electron chi connectivity index (χ2n) is 5.01. The van der Waals surface area contributed by atoms with Crippen molar-refractivity contribution < 1.29 is 14.7 Å². The van der Waals surface area contributed by atoms with Gasteiger partial charge in [0, 0.05) is 6.42 Å². The molecule has 1 aromatic carbocycles. The zero-order chi connectivity index (χ0) is 14.6. The number of hydroxylamine groups is 1. The van der Waals surface area contributed by atoms with Gasteiger partial charge < -0.3 is 4.74 Å². The van der Waals surface area contributed by atoms with E-state index in [1.54, 1.807) is 12.6 Å². The first-order valence-electron chi connectivity index (χ1n) is 7.32. The average molecular weight is 279 g/mol. The second-order valence-corrected chi connectivity index (χ2v) is 5.01. The highest BCUT2D eigenvalue weighted by Crippen LogP contribution is 2.15. The van der Waals surface area contributed by atoms with Gasteiger partial charge in [-0.25, -0.2) is 5.48 Å². The van der Waals surface area contributed by atoms with E-state index in [9.17, 15) is 4.79 Å². The van der Waals surface area contributed by atoms with Crippen molar-refractivity contribution in [2.75, 3.05) is 7.11 Å². The molecular weight excluding hydrogens is 254 g/mol. The molecular formula is C16H25NO3. The summed E-state index contributed by atoms with van der Waals surface area (Å²) in [7, 11) is 1.69.